The van der Waals surface area contributed by atoms with Crippen LogP contribution in [0, 0.1) is 6.92 Å². The SMILES string of the molecule is Cc1ccc(C(=O)c2ccn(C/C=C/c3cccc(CCC(=O)[O-])c3)c2)cc1.[Na+]. The Labute approximate surface area is 193 Å². The van der Waals surface area contributed by atoms with Gasteiger partial charge in [-0.05, 0) is 37.0 Å². The summed E-state index contributed by atoms with van der Waals surface area (Å²) in [6, 6.07) is 17.2. The second kappa shape index (κ2) is 11.0. The van der Waals surface area contributed by atoms with E-state index >= 15 is 0 Å². The minimum Gasteiger partial charge on any atom is -0.550 e. The summed E-state index contributed by atoms with van der Waals surface area (Å²) in [6.07, 6.45) is 8.23. The number of aromatic nitrogens is 1. The monoisotopic (exact) mass is 395 g/mol. The predicted octanol–water partition coefficient (Wildman–Crippen LogP) is 0.427. The first kappa shape index (κ1) is 22.9. The van der Waals surface area contributed by atoms with E-state index in [1.807, 2.05) is 90.6 Å². The van der Waals surface area contributed by atoms with Gasteiger partial charge in [0.05, 0.1) is 0 Å². The number of nitrogens with zero attached hydrogens (tertiary/aromatic N) is 1. The maximum atomic E-state index is 12.5. The fraction of sp³-hybridized carbons (Fsp3) is 0.167. The molecule has 0 saturated carbocycles. The molecule has 0 amide bonds. The van der Waals surface area contributed by atoms with Gasteiger partial charge in [-0.1, -0.05) is 66.2 Å². The molecule has 3 aromatic rings. The Balaban J connectivity index is 0.00000300. The molecule has 0 aliphatic heterocycles. The van der Waals surface area contributed by atoms with E-state index < -0.39 is 5.97 Å². The molecule has 0 fully saturated rings. The van der Waals surface area contributed by atoms with Crippen LogP contribution >= 0.6 is 0 Å². The third-order valence-electron chi connectivity index (χ3n) is 4.52. The Hall–Kier alpha value is -2.40. The maximum absolute atomic E-state index is 12.5. The van der Waals surface area contributed by atoms with Crippen LogP contribution < -0.4 is 34.7 Å². The molecule has 0 atom stereocenters. The number of carbonyl (C=O) groups is 2. The molecule has 4 nitrogen and oxygen atoms in total. The summed E-state index contributed by atoms with van der Waals surface area (Å²) >= 11 is 0. The summed E-state index contributed by atoms with van der Waals surface area (Å²) in [5, 5.41) is 10.6. The quantitative estimate of drug-likeness (QED) is 0.411. The molecule has 142 valence electrons. The maximum Gasteiger partial charge on any atom is 1.00 e. The predicted molar refractivity (Wildman–Crippen MR) is 108 cm³/mol. The smallest absolute Gasteiger partial charge is 0.550 e. The van der Waals surface area contributed by atoms with Gasteiger partial charge in [-0.3, -0.25) is 4.79 Å². The molecule has 0 aliphatic carbocycles. The summed E-state index contributed by atoms with van der Waals surface area (Å²) in [6.45, 7) is 2.64. The number of hydrogen-bond donors (Lipinski definition) is 0. The van der Waals surface area contributed by atoms with E-state index in [4.69, 9.17) is 0 Å². The molecule has 0 bridgehead atoms. The molecule has 5 heteroatoms. The van der Waals surface area contributed by atoms with Crippen LogP contribution in [0.4, 0.5) is 0 Å². The molecule has 0 N–H and O–H groups in total. The molecule has 0 spiro atoms. The van der Waals surface area contributed by atoms with Crippen molar-refractivity contribution in [2.45, 2.75) is 26.3 Å². The van der Waals surface area contributed by atoms with Gasteiger partial charge in [0.15, 0.2) is 5.78 Å². The number of allylic oxidation sites excluding steroid dienone is 1. The van der Waals surface area contributed by atoms with E-state index in [1.165, 1.54) is 0 Å². The number of aryl methyl sites for hydroxylation is 2. The van der Waals surface area contributed by atoms with Crippen molar-refractivity contribution in [3.05, 3.63) is 101 Å². The summed E-state index contributed by atoms with van der Waals surface area (Å²) in [5.41, 5.74) is 4.47. The molecular weight excluding hydrogens is 373 g/mol. The van der Waals surface area contributed by atoms with Gasteiger partial charge in [0, 0.05) is 36.0 Å². The number of rotatable bonds is 8. The van der Waals surface area contributed by atoms with Crippen molar-refractivity contribution in [3.63, 3.8) is 0 Å². The van der Waals surface area contributed by atoms with Crippen LogP contribution in [0.25, 0.3) is 6.08 Å². The number of aliphatic carboxylic acids is 1. The zero-order valence-corrected chi connectivity index (χ0v) is 18.8. The Morgan fingerprint density at radius 3 is 2.52 bits per heavy atom. The molecular formula is C24H22NNaO3. The first-order valence-electron chi connectivity index (χ1n) is 9.24. The molecule has 0 aliphatic rings. The summed E-state index contributed by atoms with van der Waals surface area (Å²) < 4.78 is 1.96. The van der Waals surface area contributed by atoms with Gasteiger partial charge in [0.25, 0.3) is 0 Å². The molecule has 3 rings (SSSR count). The summed E-state index contributed by atoms with van der Waals surface area (Å²) in [5.74, 6) is -1.02. The van der Waals surface area contributed by atoms with Gasteiger partial charge >= 0.3 is 29.6 Å². The van der Waals surface area contributed by atoms with Crippen LogP contribution in [-0.4, -0.2) is 16.3 Å². The largest absolute Gasteiger partial charge is 1.00 e. The number of carbonyl (C=O) groups excluding carboxylic acids is 2. The van der Waals surface area contributed by atoms with Gasteiger partial charge in [0.1, 0.15) is 0 Å². The van der Waals surface area contributed by atoms with Crippen molar-refractivity contribution in [1.29, 1.82) is 0 Å². The van der Waals surface area contributed by atoms with E-state index in [2.05, 4.69) is 0 Å². The van der Waals surface area contributed by atoms with Crippen molar-refractivity contribution in [2.24, 2.45) is 0 Å². The average molecular weight is 395 g/mol. The van der Waals surface area contributed by atoms with Crippen molar-refractivity contribution < 1.29 is 44.3 Å². The number of benzene rings is 2. The van der Waals surface area contributed by atoms with Crippen LogP contribution in [0.2, 0.25) is 0 Å². The van der Waals surface area contributed by atoms with E-state index in [0.29, 0.717) is 24.1 Å². The van der Waals surface area contributed by atoms with Crippen molar-refractivity contribution in [3.8, 4) is 0 Å². The average Bonchev–Trinajstić information content (AvgIpc) is 3.16. The van der Waals surface area contributed by atoms with E-state index in [0.717, 1.165) is 16.7 Å². The van der Waals surface area contributed by atoms with Crippen LogP contribution in [0.1, 0.15) is 39.0 Å². The number of carboxylic acid groups (broad SMARTS) is 1. The van der Waals surface area contributed by atoms with Gasteiger partial charge in [0.2, 0.25) is 0 Å². The molecule has 0 radical (unpaired) electrons. The Bertz CT molecular complexity index is 1000. The van der Waals surface area contributed by atoms with Gasteiger partial charge in [-0.25, -0.2) is 0 Å². The molecule has 2 aromatic carbocycles. The minimum absolute atomic E-state index is 0. The molecule has 0 unspecified atom stereocenters. The standard InChI is InChI=1S/C24H23NO3.Na/c1-18-7-10-21(11-8-18)24(28)22-13-15-25(17-22)14-3-6-19-4-2-5-20(16-19)9-12-23(26)27;/h2-8,10-11,13,15-17H,9,12,14H2,1H3,(H,26,27);/q;+1/p-1/b6-3+;. The minimum atomic E-state index is -1.04. The summed E-state index contributed by atoms with van der Waals surface area (Å²) in [7, 11) is 0. The zero-order chi connectivity index (χ0) is 19.9. The van der Waals surface area contributed by atoms with E-state index in [9.17, 15) is 14.7 Å². The number of carboxylic acids is 1. The van der Waals surface area contributed by atoms with E-state index in [-0.39, 0.29) is 41.8 Å². The summed E-state index contributed by atoms with van der Waals surface area (Å²) in [4.78, 5) is 23.1. The van der Waals surface area contributed by atoms with Crippen LogP contribution in [-0.2, 0) is 17.8 Å². The van der Waals surface area contributed by atoms with Crippen LogP contribution in [0.5, 0.6) is 0 Å². The first-order valence-corrected chi connectivity index (χ1v) is 9.24. The van der Waals surface area contributed by atoms with Gasteiger partial charge < -0.3 is 14.5 Å². The molecule has 29 heavy (non-hydrogen) atoms. The van der Waals surface area contributed by atoms with Gasteiger partial charge in [-0.2, -0.15) is 0 Å². The third kappa shape index (κ3) is 6.86. The van der Waals surface area contributed by atoms with Crippen LogP contribution in [0.3, 0.4) is 0 Å². The van der Waals surface area contributed by atoms with Crippen LogP contribution in [0.15, 0.2) is 73.1 Å². The number of ketones is 1. The first-order chi connectivity index (χ1) is 13.5. The van der Waals surface area contributed by atoms with E-state index in [1.54, 1.807) is 0 Å². The Morgan fingerprint density at radius 2 is 1.79 bits per heavy atom. The molecule has 1 heterocycles. The Morgan fingerprint density at radius 1 is 1.03 bits per heavy atom. The fourth-order valence-electron chi connectivity index (χ4n) is 2.97. The molecule has 1 aromatic heterocycles. The zero-order valence-electron chi connectivity index (χ0n) is 16.8. The number of hydrogen-bond acceptors (Lipinski definition) is 3. The normalized spacial score (nSPS) is 10.7. The Kier molecular flexibility index (Phi) is 8.65. The van der Waals surface area contributed by atoms with Crippen molar-refractivity contribution >= 4 is 17.8 Å². The molecule has 0 saturated heterocycles. The topological polar surface area (TPSA) is 62.1 Å². The second-order valence-corrected chi connectivity index (χ2v) is 6.81. The second-order valence-electron chi connectivity index (χ2n) is 6.81. The fourth-order valence-corrected chi connectivity index (χ4v) is 2.97. The third-order valence-corrected chi connectivity index (χ3v) is 4.52. The van der Waals surface area contributed by atoms with Gasteiger partial charge in [-0.15, -0.1) is 0 Å². The van der Waals surface area contributed by atoms with Crippen molar-refractivity contribution in [2.75, 3.05) is 0 Å². The van der Waals surface area contributed by atoms with Crippen molar-refractivity contribution in [1.82, 2.24) is 4.57 Å².